The molecular weight excluding hydrogens is 200 g/mol. The Morgan fingerprint density at radius 1 is 1.47 bits per heavy atom. The van der Waals surface area contributed by atoms with Crippen LogP contribution in [0.4, 0.5) is 0 Å². The molecule has 0 aromatic rings. The molecule has 0 radical (unpaired) electrons. The lowest BCUT2D eigenvalue weighted by Crippen LogP contribution is -2.31. The van der Waals surface area contributed by atoms with Crippen molar-refractivity contribution >= 4 is 5.91 Å². The number of carbonyl (C=O) groups excluding carboxylic acids is 1. The van der Waals surface area contributed by atoms with Gasteiger partial charge in [0.15, 0.2) is 0 Å². The molecule has 1 aliphatic carbocycles. The normalized spacial score (nSPS) is 25.7. The van der Waals surface area contributed by atoms with Crippen molar-refractivity contribution in [2.24, 2.45) is 5.92 Å². The largest absolute Gasteiger partial charge is 0.356 e. The average Bonchev–Trinajstić information content (AvgIpc) is 2.16. The number of rotatable bonds is 4. The fraction of sp³-hybridized carbons (Fsp3) is 0.889. The molecule has 1 aliphatic rings. The van der Waals surface area contributed by atoms with E-state index in [0.29, 0.717) is 25.3 Å². The van der Waals surface area contributed by atoms with Crippen LogP contribution in [0.1, 0.15) is 32.6 Å². The van der Waals surface area contributed by atoms with Crippen molar-refractivity contribution in [1.29, 1.82) is 0 Å². The molecule has 0 aromatic heterocycles. The van der Waals surface area contributed by atoms with E-state index in [1.807, 2.05) is 0 Å². The molecule has 0 bridgehead atoms. The van der Waals surface area contributed by atoms with E-state index in [1.54, 1.807) is 0 Å². The lowest BCUT2D eigenvalue weighted by molar-refractivity contribution is -0.769. The third kappa shape index (κ3) is 4.62. The maximum absolute atomic E-state index is 10.7. The first-order valence-electron chi connectivity index (χ1n) is 5.13. The van der Waals surface area contributed by atoms with Crippen LogP contribution in [0.5, 0.6) is 0 Å². The Bertz CT molecular complexity index is 236. The van der Waals surface area contributed by atoms with E-state index in [1.165, 1.54) is 6.92 Å². The molecule has 6 heteroatoms. The minimum absolute atomic E-state index is 0.0290. The van der Waals surface area contributed by atoms with E-state index in [9.17, 15) is 14.9 Å². The van der Waals surface area contributed by atoms with Gasteiger partial charge in [-0.15, -0.1) is 10.1 Å². The lowest BCUT2D eigenvalue weighted by Gasteiger charge is -2.26. The van der Waals surface area contributed by atoms with Gasteiger partial charge >= 0.3 is 0 Å². The molecule has 0 spiro atoms. The van der Waals surface area contributed by atoms with Gasteiger partial charge in [0.05, 0.1) is 0 Å². The maximum Gasteiger partial charge on any atom is 0.294 e. The summed E-state index contributed by atoms with van der Waals surface area (Å²) in [6.07, 6.45) is 2.89. The van der Waals surface area contributed by atoms with Crippen molar-refractivity contribution in [3.05, 3.63) is 10.1 Å². The van der Waals surface area contributed by atoms with Crippen LogP contribution in [0.15, 0.2) is 0 Å². The Morgan fingerprint density at radius 3 is 2.53 bits per heavy atom. The van der Waals surface area contributed by atoms with Gasteiger partial charge in [-0.05, 0) is 31.6 Å². The van der Waals surface area contributed by atoms with Crippen molar-refractivity contribution < 1.29 is 14.7 Å². The topological polar surface area (TPSA) is 81.5 Å². The summed E-state index contributed by atoms with van der Waals surface area (Å²) in [6.45, 7) is 2.15. The molecule has 0 aliphatic heterocycles. The first-order chi connectivity index (χ1) is 7.08. The highest BCUT2D eigenvalue weighted by Crippen LogP contribution is 2.25. The number of hydrogen-bond acceptors (Lipinski definition) is 4. The summed E-state index contributed by atoms with van der Waals surface area (Å²) in [5.74, 6) is 0.402. The van der Waals surface area contributed by atoms with Crippen LogP contribution in [0.3, 0.4) is 0 Å². The Kier molecular flexibility index (Phi) is 4.33. The standard InChI is InChI=1S/C9H16N2O4/c1-7(12)10-6-8-2-4-9(5-3-8)15-11(13)14/h8-9H,2-6H2,1H3,(H,10,12). The molecule has 1 amide bonds. The number of amides is 1. The van der Waals surface area contributed by atoms with Gasteiger partial charge < -0.3 is 10.2 Å². The summed E-state index contributed by atoms with van der Waals surface area (Å²) >= 11 is 0. The zero-order valence-corrected chi connectivity index (χ0v) is 8.77. The third-order valence-corrected chi connectivity index (χ3v) is 2.67. The number of nitrogens with zero attached hydrogens (tertiary/aromatic N) is 1. The second-order valence-electron chi connectivity index (χ2n) is 3.91. The van der Waals surface area contributed by atoms with E-state index in [0.717, 1.165) is 12.8 Å². The smallest absolute Gasteiger partial charge is 0.294 e. The first-order valence-corrected chi connectivity index (χ1v) is 5.13. The first kappa shape index (κ1) is 11.7. The van der Waals surface area contributed by atoms with Crippen LogP contribution in [0.2, 0.25) is 0 Å². The Hall–Kier alpha value is -1.33. The molecule has 86 valence electrons. The predicted octanol–water partition coefficient (Wildman–Crippen LogP) is 0.890. The molecule has 0 saturated heterocycles. The Labute approximate surface area is 88.1 Å². The molecule has 1 rings (SSSR count). The summed E-state index contributed by atoms with van der Waals surface area (Å²) < 4.78 is 0. The minimum Gasteiger partial charge on any atom is -0.356 e. The van der Waals surface area contributed by atoms with Crippen LogP contribution in [-0.2, 0) is 9.63 Å². The highest BCUT2D eigenvalue weighted by molar-refractivity contribution is 5.72. The van der Waals surface area contributed by atoms with E-state index in [2.05, 4.69) is 10.2 Å². The van der Waals surface area contributed by atoms with E-state index in [4.69, 9.17) is 0 Å². The Balaban J connectivity index is 2.18. The SMILES string of the molecule is CC(=O)NCC1CCC(O[N+](=O)[O-])CC1. The van der Waals surface area contributed by atoms with Gasteiger partial charge in [0.25, 0.3) is 5.09 Å². The van der Waals surface area contributed by atoms with Crippen LogP contribution < -0.4 is 5.32 Å². The van der Waals surface area contributed by atoms with Crippen molar-refractivity contribution in [3.8, 4) is 0 Å². The monoisotopic (exact) mass is 216 g/mol. The summed E-state index contributed by atoms with van der Waals surface area (Å²) in [4.78, 5) is 25.3. The van der Waals surface area contributed by atoms with Crippen LogP contribution in [0, 0.1) is 16.0 Å². The molecule has 0 aromatic carbocycles. The molecule has 0 unspecified atom stereocenters. The molecule has 1 saturated carbocycles. The Morgan fingerprint density at radius 2 is 2.07 bits per heavy atom. The molecule has 0 heterocycles. The van der Waals surface area contributed by atoms with Crippen molar-refractivity contribution in [2.75, 3.05) is 6.54 Å². The average molecular weight is 216 g/mol. The van der Waals surface area contributed by atoms with Gasteiger partial charge in [0.1, 0.15) is 6.10 Å². The van der Waals surface area contributed by atoms with Crippen molar-refractivity contribution in [1.82, 2.24) is 5.32 Å². The van der Waals surface area contributed by atoms with Crippen LogP contribution in [-0.4, -0.2) is 23.6 Å². The fourth-order valence-electron chi connectivity index (χ4n) is 1.85. The number of nitrogens with one attached hydrogen (secondary N) is 1. The lowest BCUT2D eigenvalue weighted by atomic mass is 9.87. The van der Waals surface area contributed by atoms with Gasteiger partial charge in [-0.3, -0.25) is 4.79 Å². The predicted molar refractivity (Wildman–Crippen MR) is 52.5 cm³/mol. The fourth-order valence-corrected chi connectivity index (χ4v) is 1.85. The van der Waals surface area contributed by atoms with Crippen LogP contribution >= 0.6 is 0 Å². The maximum atomic E-state index is 10.7. The van der Waals surface area contributed by atoms with Gasteiger partial charge in [0.2, 0.25) is 5.91 Å². The summed E-state index contributed by atoms with van der Waals surface area (Å²) in [6, 6.07) is 0. The highest BCUT2D eigenvalue weighted by Gasteiger charge is 2.23. The van der Waals surface area contributed by atoms with Crippen molar-refractivity contribution in [3.63, 3.8) is 0 Å². The van der Waals surface area contributed by atoms with E-state index < -0.39 is 5.09 Å². The molecule has 1 N–H and O–H groups in total. The zero-order chi connectivity index (χ0) is 11.3. The van der Waals surface area contributed by atoms with Gasteiger partial charge in [-0.2, -0.15) is 0 Å². The van der Waals surface area contributed by atoms with Gasteiger partial charge in [-0.1, -0.05) is 0 Å². The third-order valence-electron chi connectivity index (χ3n) is 2.67. The van der Waals surface area contributed by atoms with E-state index >= 15 is 0 Å². The quantitative estimate of drug-likeness (QED) is 0.559. The minimum atomic E-state index is -0.723. The molecule has 1 fully saturated rings. The number of carbonyl (C=O) groups is 1. The summed E-state index contributed by atoms with van der Waals surface area (Å²) in [5.41, 5.74) is 0. The molecule has 0 atom stereocenters. The summed E-state index contributed by atoms with van der Waals surface area (Å²) in [5, 5.41) is 12.1. The van der Waals surface area contributed by atoms with Crippen LogP contribution in [0.25, 0.3) is 0 Å². The second kappa shape index (κ2) is 5.53. The highest BCUT2D eigenvalue weighted by atomic mass is 17.0. The van der Waals surface area contributed by atoms with Crippen molar-refractivity contribution in [2.45, 2.75) is 38.7 Å². The summed E-state index contributed by atoms with van der Waals surface area (Å²) in [7, 11) is 0. The molecule has 15 heavy (non-hydrogen) atoms. The molecular formula is C9H16N2O4. The van der Waals surface area contributed by atoms with E-state index in [-0.39, 0.29) is 12.0 Å². The zero-order valence-electron chi connectivity index (χ0n) is 8.77. The van der Waals surface area contributed by atoms with Gasteiger partial charge in [0, 0.05) is 13.5 Å². The molecule has 6 nitrogen and oxygen atoms in total. The number of hydrogen-bond donors (Lipinski definition) is 1. The van der Waals surface area contributed by atoms with Gasteiger partial charge in [-0.25, -0.2) is 0 Å². The second-order valence-corrected chi connectivity index (χ2v) is 3.91.